The lowest BCUT2D eigenvalue weighted by Crippen LogP contribution is -2.25. The minimum Gasteiger partial charge on any atom is -0.380 e. The van der Waals surface area contributed by atoms with Crippen molar-refractivity contribution < 1.29 is 5.11 Å². The van der Waals surface area contributed by atoms with Gasteiger partial charge in [-0.1, -0.05) is 62.8 Å². The Morgan fingerprint density at radius 3 is 2.53 bits per heavy atom. The van der Waals surface area contributed by atoms with E-state index < -0.39 is 5.60 Å². The van der Waals surface area contributed by atoms with Crippen LogP contribution in [0.4, 0.5) is 0 Å². The van der Waals surface area contributed by atoms with Crippen LogP contribution >= 0.6 is 11.3 Å². The second-order valence-corrected chi connectivity index (χ2v) is 5.85. The molecule has 1 nitrogen and oxygen atoms in total. The molecule has 1 N–H and O–H groups in total. The summed E-state index contributed by atoms with van der Waals surface area (Å²) in [6.07, 6.45) is 4.67. The molecule has 0 spiro atoms. The van der Waals surface area contributed by atoms with Crippen molar-refractivity contribution in [1.82, 2.24) is 0 Å². The van der Waals surface area contributed by atoms with Crippen molar-refractivity contribution in [3.8, 4) is 0 Å². The van der Waals surface area contributed by atoms with E-state index in [1.54, 1.807) is 11.3 Å². The Morgan fingerprint density at radius 1 is 1.21 bits per heavy atom. The highest BCUT2D eigenvalue weighted by molar-refractivity contribution is 7.13. The molecule has 0 saturated heterocycles. The molecule has 19 heavy (non-hydrogen) atoms. The topological polar surface area (TPSA) is 20.2 Å². The van der Waals surface area contributed by atoms with Gasteiger partial charge in [-0.3, -0.25) is 0 Å². The van der Waals surface area contributed by atoms with Crippen molar-refractivity contribution in [1.29, 1.82) is 0 Å². The lowest BCUT2D eigenvalue weighted by atomic mass is 9.87. The molecule has 2 aromatic rings. The molecule has 0 aliphatic carbocycles. The minimum absolute atomic E-state index is 0.755. The van der Waals surface area contributed by atoms with Crippen LogP contribution in [0.1, 0.15) is 41.5 Å². The highest BCUT2D eigenvalue weighted by Gasteiger charge is 2.32. The van der Waals surface area contributed by atoms with Gasteiger partial charge in [-0.25, -0.2) is 0 Å². The van der Waals surface area contributed by atoms with E-state index in [0.29, 0.717) is 0 Å². The molecule has 100 valence electrons. The second kappa shape index (κ2) is 6.18. The zero-order chi connectivity index (χ0) is 13.7. The highest BCUT2D eigenvalue weighted by Crippen LogP contribution is 2.38. The van der Waals surface area contributed by atoms with E-state index in [2.05, 4.69) is 13.5 Å². The Hall–Kier alpha value is -1.38. The molecular weight excluding hydrogens is 252 g/mol. The lowest BCUT2D eigenvalue weighted by Gasteiger charge is -2.27. The van der Waals surface area contributed by atoms with Crippen LogP contribution in [0, 0.1) is 0 Å². The molecule has 2 rings (SSSR count). The molecule has 2 heteroatoms. The van der Waals surface area contributed by atoms with Gasteiger partial charge in [-0.2, -0.15) is 0 Å². The maximum atomic E-state index is 11.2. The molecule has 0 bridgehead atoms. The van der Waals surface area contributed by atoms with E-state index in [1.807, 2.05) is 48.5 Å². The van der Waals surface area contributed by atoms with Crippen LogP contribution in [0.3, 0.4) is 0 Å². The molecule has 0 fully saturated rings. The first kappa shape index (κ1) is 14.0. The van der Waals surface area contributed by atoms with Crippen LogP contribution in [-0.4, -0.2) is 5.11 Å². The Labute approximate surface area is 119 Å². The van der Waals surface area contributed by atoms with Gasteiger partial charge in [0.2, 0.25) is 0 Å². The molecule has 0 saturated carbocycles. The average molecular weight is 272 g/mol. The maximum absolute atomic E-state index is 11.2. The molecule has 1 heterocycles. The first-order valence-electron chi connectivity index (χ1n) is 6.71. The number of unbranched alkanes of at least 4 members (excludes halogenated alkanes) is 1. The number of thiophene rings is 1. The van der Waals surface area contributed by atoms with Gasteiger partial charge in [-0.15, -0.1) is 11.3 Å². The van der Waals surface area contributed by atoms with E-state index in [1.165, 1.54) is 0 Å². The predicted octanol–water partition coefficient (Wildman–Crippen LogP) is 4.82. The Balaban J connectivity index is 2.42. The summed E-state index contributed by atoms with van der Waals surface area (Å²) in [4.78, 5) is 2.10. The van der Waals surface area contributed by atoms with Gasteiger partial charge in [-0.05, 0) is 24.1 Å². The lowest BCUT2D eigenvalue weighted by molar-refractivity contribution is 0.0722. The molecule has 0 radical (unpaired) electrons. The van der Waals surface area contributed by atoms with Gasteiger partial charge in [0.25, 0.3) is 0 Å². The van der Waals surface area contributed by atoms with E-state index in [9.17, 15) is 5.11 Å². The molecule has 1 aromatic carbocycles. The first-order valence-corrected chi connectivity index (χ1v) is 7.53. The second-order valence-electron chi connectivity index (χ2n) is 4.74. The summed E-state index contributed by atoms with van der Waals surface area (Å²) in [5.74, 6) is 0. The number of rotatable bonds is 6. The summed E-state index contributed by atoms with van der Waals surface area (Å²) in [6, 6.07) is 14.0. The van der Waals surface area contributed by atoms with E-state index in [0.717, 1.165) is 34.6 Å². The maximum Gasteiger partial charge on any atom is 0.124 e. The predicted molar refractivity (Wildman–Crippen MR) is 83.4 cm³/mol. The molecule has 0 aliphatic rings. The van der Waals surface area contributed by atoms with E-state index in [4.69, 9.17) is 0 Å². The molecular formula is C17H20OS. The van der Waals surface area contributed by atoms with Crippen LogP contribution in [0.5, 0.6) is 0 Å². The monoisotopic (exact) mass is 272 g/mol. The fourth-order valence-electron chi connectivity index (χ4n) is 2.24. The molecule has 0 aliphatic heterocycles. The number of hydrogen-bond donors (Lipinski definition) is 1. The normalized spacial score (nSPS) is 14.0. The van der Waals surface area contributed by atoms with Crippen molar-refractivity contribution >= 4 is 17.4 Å². The van der Waals surface area contributed by atoms with Gasteiger partial charge in [0.1, 0.15) is 5.60 Å². The van der Waals surface area contributed by atoms with Gasteiger partial charge in [0, 0.05) is 9.75 Å². The summed E-state index contributed by atoms with van der Waals surface area (Å²) < 4.78 is 0. The molecule has 1 aromatic heterocycles. The molecule has 0 amide bonds. The summed E-state index contributed by atoms with van der Waals surface area (Å²) in [5, 5.41) is 11.2. The quantitative estimate of drug-likeness (QED) is 0.799. The van der Waals surface area contributed by atoms with E-state index >= 15 is 0 Å². The van der Waals surface area contributed by atoms with Crippen molar-refractivity contribution in [2.45, 2.75) is 31.8 Å². The summed E-state index contributed by atoms with van der Waals surface area (Å²) in [5.41, 5.74) is 0.101. The Bertz CT molecular complexity index is 529. The van der Waals surface area contributed by atoms with Gasteiger partial charge >= 0.3 is 0 Å². The summed E-state index contributed by atoms with van der Waals surface area (Å²) in [7, 11) is 0. The zero-order valence-electron chi connectivity index (χ0n) is 11.3. The minimum atomic E-state index is -0.872. The fourth-order valence-corrected chi connectivity index (χ4v) is 3.24. The number of benzene rings is 1. The highest BCUT2D eigenvalue weighted by atomic mass is 32.1. The SMILES string of the molecule is C=Cc1ccc(C(O)(CCCC)c2ccccc2)s1. The van der Waals surface area contributed by atoms with Crippen LogP contribution < -0.4 is 0 Å². The Kier molecular flexibility index (Phi) is 4.56. The zero-order valence-corrected chi connectivity index (χ0v) is 12.1. The first-order chi connectivity index (χ1) is 9.20. The smallest absolute Gasteiger partial charge is 0.124 e. The number of hydrogen-bond acceptors (Lipinski definition) is 2. The van der Waals surface area contributed by atoms with Crippen LogP contribution in [-0.2, 0) is 5.60 Å². The van der Waals surface area contributed by atoms with Gasteiger partial charge < -0.3 is 5.11 Å². The number of aliphatic hydroxyl groups is 1. The third-order valence-corrected chi connectivity index (χ3v) is 4.61. The van der Waals surface area contributed by atoms with Crippen molar-refractivity contribution in [2.24, 2.45) is 0 Å². The third kappa shape index (κ3) is 2.96. The fraction of sp³-hybridized carbons (Fsp3) is 0.294. The third-order valence-electron chi connectivity index (χ3n) is 3.38. The standard InChI is InChI=1S/C17H20OS/c1-3-5-13-17(18,14-9-7-6-8-10-14)16-12-11-15(4-2)19-16/h4,6-12,18H,2-3,5,13H2,1H3. The van der Waals surface area contributed by atoms with Crippen LogP contribution in [0.2, 0.25) is 0 Å². The summed E-state index contributed by atoms with van der Waals surface area (Å²) >= 11 is 1.62. The van der Waals surface area contributed by atoms with Gasteiger partial charge in [0.15, 0.2) is 0 Å². The molecule has 1 unspecified atom stereocenters. The van der Waals surface area contributed by atoms with Crippen LogP contribution in [0.25, 0.3) is 6.08 Å². The molecule has 1 atom stereocenters. The van der Waals surface area contributed by atoms with Crippen LogP contribution in [0.15, 0.2) is 49.0 Å². The Morgan fingerprint density at radius 2 is 1.95 bits per heavy atom. The average Bonchev–Trinajstić information content (AvgIpc) is 2.95. The van der Waals surface area contributed by atoms with Crippen molar-refractivity contribution in [2.75, 3.05) is 0 Å². The summed E-state index contributed by atoms with van der Waals surface area (Å²) in [6.45, 7) is 5.94. The van der Waals surface area contributed by atoms with Crippen molar-refractivity contribution in [3.05, 3.63) is 64.4 Å². The van der Waals surface area contributed by atoms with E-state index in [-0.39, 0.29) is 0 Å². The van der Waals surface area contributed by atoms with Gasteiger partial charge in [0.05, 0.1) is 0 Å². The largest absolute Gasteiger partial charge is 0.380 e. The van der Waals surface area contributed by atoms with Crippen molar-refractivity contribution in [3.63, 3.8) is 0 Å².